The second-order valence-corrected chi connectivity index (χ2v) is 1.56. The molecule has 0 heteroatoms. The van der Waals surface area contributed by atoms with Crippen LogP contribution in [0.3, 0.4) is 0 Å². The Morgan fingerprint density at radius 1 is 1.12 bits per heavy atom. The van der Waals surface area contributed by atoms with Crippen molar-refractivity contribution in [2.45, 2.75) is 40.0 Å². The van der Waals surface area contributed by atoms with Crippen LogP contribution in [0.5, 0.6) is 0 Å². The van der Waals surface area contributed by atoms with Gasteiger partial charge in [-0.15, -0.1) is 12.3 Å². The van der Waals surface area contributed by atoms with E-state index in [-0.39, 0.29) is 0 Å². The zero-order valence-corrected chi connectivity index (χ0v) is 6.20. The van der Waals surface area contributed by atoms with Gasteiger partial charge >= 0.3 is 0 Å². The number of unbranched alkanes of at least 4 members (excludes halogenated alkanes) is 1. The molecule has 8 heavy (non-hydrogen) atoms. The van der Waals surface area contributed by atoms with Gasteiger partial charge in [0.2, 0.25) is 0 Å². The Hall–Kier alpha value is -0.440. The summed E-state index contributed by atoms with van der Waals surface area (Å²) in [6.07, 6.45) is 8.26. The first-order valence-corrected chi connectivity index (χ1v) is 3.26. The summed E-state index contributed by atoms with van der Waals surface area (Å²) in [5.74, 6) is 2.43. The predicted octanol–water partition coefficient (Wildman–Crippen LogP) is 2.84. The number of terminal acetylenes is 1. The van der Waals surface area contributed by atoms with Crippen LogP contribution in [0.25, 0.3) is 0 Å². The maximum atomic E-state index is 4.78. The minimum atomic E-state index is 0.847. The molecule has 0 amide bonds. The standard InChI is InChI=1S/C4H10.C4H6/c2*1-3-4-2/h3-4H2,1-2H3;1H,4H2,2H3. The van der Waals surface area contributed by atoms with E-state index >= 15 is 0 Å². The summed E-state index contributed by atoms with van der Waals surface area (Å²) in [5, 5.41) is 0. The van der Waals surface area contributed by atoms with E-state index in [1.165, 1.54) is 12.8 Å². The second kappa shape index (κ2) is 16.0. The molecule has 0 unspecified atom stereocenters. The molecule has 48 valence electrons. The van der Waals surface area contributed by atoms with Crippen molar-refractivity contribution < 1.29 is 0 Å². The molecule has 0 aromatic carbocycles. The van der Waals surface area contributed by atoms with Gasteiger partial charge in [0.1, 0.15) is 0 Å². The molecule has 0 N–H and O–H groups in total. The van der Waals surface area contributed by atoms with Gasteiger partial charge in [-0.3, -0.25) is 0 Å². The molecule has 0 nitrogen and oxygen atoms in total. The van der Waals surface area contributed by atoms with Gasteiger partial charge in [-0.1, -0.05) is 33.6 Å². The average molecular weight is 112 g/mol. The number of hydrogen-bond acceptors (Lipinski definition) is 0. The van der Waals surface area contributed by atoms with E-state index < -0.39 is 0 Å². The van der Waals surface area contributed by atoms with Crippen molar-refractivity contribution in [1.29, 1.82) is 0 Å². The van der Waals surface area contributed by atoms with Crippen molar-refractivity contribution in [3.63, 3.8) is 0 Å². The largest absolute Gasteiger partial charge is 0.120 e. The van der Waals surface area contributed by atoms with Gasteiger partial charge in [-0.05, 0) is 0 Å². The molecule has 0 rings (SSSR count). The third-order valence-corrected chi connectivity index (χ3v) is 0.704. The number of rotatable bonds is 1. The fourth-order valence-electron chi connectivity index (χ4n) is 0. The van der Waals surface area contributed by atoms with Crippen molar-refractivity contribution in [3.05, 3.63) is 0 Å². The van der Waals surface area contributed by atoms with Crippen molar-refractivity contribution in [2.75, 3.05) is 0 Å². The molecule has 0 bridgehead atoms. The Balaban J connectivity index is 0. The SMILES string of the molecule is C#CCC.CCCC. The molecule has 0 heterocycles. The topological polar surface area (TPSA) is 0 Å². The maximum Gasteiger partial charge on any atom is 0.00576 e. The summed E-state index contributed by atoms with van der Waals surface area (Å²) in [5.41, 5.74) is 0. The van der Waals surface area contributed by atoms with E-state index in [1.807, 2.05) is 6.92 Å². The highest BCUT2D eigenvalue weighted by Crippen LogP contribution is 1.76. The first-order valence-electron chi connectivity index (χ1n) is 3.26. The lowest BCUT2D eigenvalue weighted by Gasteiger charge is -1.68. The van der Waals surface area contributed by atoms with E-state index in [0.717, 1.165) is 6.42 Å². The average Bonchev–Trinajstić information content (AvgIpc) is 1.88. The van der Waals surface area contributed by atoms with Gasteiger partial charge in [-0.2, -0.15) is 0 Å². The Morgan fingerprint density at radius 2 is 1.38 bits per heavy atom. The van der Waals surface area contributed by atoms with Gasteiger partial charge < -0.3 is 0 Å². The molecule has 0 radical (unpaired) electrons. The molecular formula is C8H16. The third-order valence-electron chi connectivity index (χ3n) is 0.704. The smallest absolute Gasteiger partial charge is 0.00576 e. The van der Waals surface area contributed by atoms with Crippen LogP contribution >= 0.6 is 0 Å². The minimum absolute atomic E-state index is 0.847. The van der Waals surface area contributed by atoms with Gasteiger partial charge in [0.05, 0.1) is 0 Å². The summed E-state index contributed by atoms with van der Waals surface area (Å²) < 4.78 is 0. The molecular weight excluding hydrogens is 96.1 g/mol. The molecule has 0 aliphatic rings. The molecule has 0 aromatic heterocycles. The lowest BCUT2D eigenvalue weighted by Crippen LogP contribution is -1.47. The molecule has 0 saturated carbocycles. The molecule has 0 atom stereocenters. The quantitative estimate of drug-likeness (QED) is 0.457. The Bertz CT molecular complexity index is 45.5. The van der Waals surface area contributed by atoms with Crippen LogP contribution in [-0.2, 0) is 0 Å². The highest BCUT2D eigenvalue weighted by atomic mass is 13.6. The summed E-state index contributed by atoms with van der Waals surface area (Å²) in [6.45, 7) is 6.31. The second-order valence-electron chi connectivity index (χ2n) is 1.56. The van der Waals surface area contributed by atoms with Crippen molar-refractivity contribution in [1.82, 2.24) is 0 Å². The highest BCUT2D eigenvalue weighted by Gasteiger charge is 1.56. The molecule has 0 aliphatic carbocycles. The van der Waals surface area contributed by atoms with Crippen LogP contribution < -0.4 is 0 Å². The lowest BCUT2D eigenvalue weighted by molar-refractivity contribution is 0.886. The van der Waals surface area contributed by atoms with E-state index in [0.29, 0.717) is 0 Å². The summed E-state index contributed by atoms with van der Waals surface area (Å²) in [7, 11) is 0. The highest BCUT2D eigenvalue weighted by molar-refractivity contribution is 4.80. The van der Waals surface area contributed by atoms with E-state index in [2.05, 4.69) is 19.8 Å². The zero-order valence-electron chi connectivity index (χ0n) is 6.20. The van der Waals surface area contributed by atoms with Crippen molar-refractivity contribution in [2.24, 2.45) is 0 Å². The number of hydrogen-bond donors (Lipinski definition) is 0. The zero-order chi connectivity index (χ0) is 6.83. The molecule has 0 saturated heterocycles. The first kappa shape index (κ1) is 10.5. The Labute approximate surface area is 53.3 Å². The van der Waals surface area contributed by atoms with Crippen LogP contribution in [0, 0.1) is 12.3 Å². The van der Waals surface area contributed by atoms with Crippen molar-refractivity contribution >= 4 is 0 Å². The van der Waals surface area contributed by atoms with Gasteiger partial charge in [-0.25, -0.2) is 0 Å². The first-order chi connectivity index (χ1) is 3.83. The molecule has 0 aromatic rings. The minimum Gasteiger partial charge on any atom is -0.120 e. The van der Waals surface area contributed by atoms with E-state index in [9.17, 15) is 0 Å². The van der Waals surface area contributed by atoms with Crippen LogP contribution in [0.4, 0.5) is 0 Å². The monoisotopic (exact) mass is 112 g/mol. The lowest BCUT2D eigenvalue weighted by atomic mass is 10.4. The fourth-order valence-corrected chi connectivity index (χ4v) is 0. The van der Waals surface area contributed by atoms with Gasteiger partial charge in [0, 0.05) is 6.42 Å². The predicted molar refractivity (Wildman–Crippen MR) is 39.7 cm³/mol. The summed E-state index contributed by atoms with van der Waals surface area (Å²) >= 11 is 0. The maximum absolute atomic E-state index is 4.78. The Kier molecular flexibility index (Phi) is 21.0. The molecule has 0 spiro atoms. The summed E-state index contributed by atoms with van der Waals surface area (Å²) in [6, 6.07) is 0. The van der Waals surface area contributed by atoms with E-state index in [1.54, 1.807) is 0 Å². The van der Waals surface area contributed by atoms with Gasteiger partial charge in [0.15, 0.2) is 0 Å². The Morgan fingerprint density at radius 3 is 1.38 bits per heavy atom. The molecule has 0 aliphatic heterocycles. The molecule has 0 fully saturated rings. The third kappa shape index (κ3) is 47.5. The normalized spacial score (nSPS) is 6.25. The van der Waals surface area contributed by atoms with Crippen molar-refractivity contribution in [3.8, 4) is 12.3 Å². The van der Waals surface area contributed by atoms with Crippen LogP contribution in [0.15, 0.2) is 0 Å². The van der Waals surface area contributed by atoms with E-state index in [4.69, 9.17) is 6.42 Å². The van der Waals surface area contributed by atoms with Gasteiger partial charge in [0.25, 0.3) is 0 Å². The fraction of sp³-hybridized carbons (Fsp3) is 0.750. The van der Waals surface area contributed by atoms with Crippen LogP contribution in [0.2, 0.25) is 0 Å². The van der Waals surface area contributed by atoms with Crippen LogP contribution in [-0.4, -0.2) is 0 Å². The van der Waals surface area contributed by atoms with Crippen LogP contribution in [0.1, 0.15) is 40.0 Å². The summed E-state index contributed by atoms with van der Waals surface area (Å²) in [4.78, 5) is 0.